The van der Waals surface area contributed by atoms with Crippen LogP contribution in [0.1, 0.15) is 45.1 Å². The van der Waals surface area contributed by atoms with Crippen molar-refractivity contribution in [1.82, 2.24) is 15.5 Å². The highest BCUT2D eigenvalue weighted by Gasteiger charge is 2.38. The largest absolute Gasteiger partial charge is 0.317 e. The van der Waals surface area contributed by atoms with Crippen molar-refractivity contribution < 1.29 is 4.79 Å². The second-order valence-corrected chi connectivity index (χ2v) is 5.36. The van der Waals surface area contributed by atoms with Gasteiger partial charge < -0.3 is 10.6 Å². The number of amides is 1. The molecule has 0 aromatic carbocycles. The minimum atomic E-state index is -0.212. The number of hydrogen-bond donors (Lipinski definition) is 3. The Morgan fingerprint density at radius 2 is 2.16 bits per heavy atom. The van der Waals surface area contributed by atoms with Crippen LogP contribution in [0.3, 0.4) is 0 Å². The number of rotatable bonds is 5. The SMILES string of the molecule is CCCC1(C(=O)Nc2[nH]ncc2CC)CCNCC1. The molecule has 1 fully saturated rings. The Morgan fingerprint density at radius 1 is 1.42 bits per heavy atom. The van der Waals surface area contributed by atoms with Gasteiger partial charge in [-0.2, -0.15) is 5.10 Å². The van der Waals surface area contributed by atoms with Crippen molar-refractivity contribution in [2.75, 3.05) is 18.4 Å². The average Bonchev–Trinajstić information content (AvgIpc) is 2.87. The molecule has 106 valence electrons. The molecule has 0 saturated carbocycles. The summed E-state index contributed by atoms with van der Waals surface area (Å²) in [5.41, 5.74) is 0.852. The monoisotopic (exact) mass is 264 g/mol. The number of aromatic amines is 1. The summed E-state index contributed by atoms with van der Waals surface area (Å²) in [6.07, 6.45) is 6.48. The van der Waals surface area contributed by atoms with E-state index in [-0.39, 0.29) is 11.3 Å². The Hall–Kier alpha value is -1.36. The zero-order valence-electron chi connectivity index (χ0n) is 11.9. The highest BCUT2D eigenvalue weighted by Crippen LogP contribution is 2.35. The first kappa shape index (κ1) is 14.1. The Bertz CT molecular complexity index is 415. The molecule has 0 radical (unpaired) electrons. The minimum absolute atomic E-state index is 0.148. The van der Waals surface area contributed by atoms with Gasteiger partial charge in [-0.05, 0) is 38.8 Å². The summed E-state index contributed by atoms with van der Waals surface area (Å²) in [6, 6.07) is 0. The molecule has 1 amide bonds. The van der Waals surface area contributed by atoms with Crippen LogP contribution in [0.15, 0.2) is 6.20 Å². The quantitative estimate of drug-likeness (QED) is 0.762. The number of piperidine rings is 1. The molecule has 1 saturated heterocycles. The zero-order valence-corrected chi connectivity index (χ0v) is 11.9. The second-order valence-electron chi connectivity index (χ2n) is 5.36. The molecule has 3 N–H and O–H groups in total. The van der Waals surface area contributed by atoms with Crippen LogP contribution in [0.2, 0.25) is 0 Å². The summed E-state index contributed by atoms with van der Waals surface area (Å²) in [5, 5.41) is 13.3. The molecule has 2 rings (SSSR count). The maximum Gasteiger partial charge on any atom is 0.231 e. The zero-order chi connectivity index (χ0) is 13.7. The first-order valence-corrected chi connectivity index (χ1v) is 7.26. The molecule has 1 aromatic rings. The third-order valence-corrected chi connectivity index (χ3v) is 4.11. The van der Waals surface area contributed by atoms with Crippen molar-refractivity contribution in [3.05, 3.63) is 11.8 Å². The maximum absolute atomic E-state index is 12.7. The van der Waals surface area contributed by atoms with E-state index in [2.05, 4.69) is 34.7 Å². The van der Waals surface area contributed by atoms with Crippen LogP contribution < -0.4 is 10.6 Å². The summed E-state index contributed by atoms with van der Waals surface area (Å²) in [4.78, 5) is 12.7. The molecule has 0 bridgehead atoms. The Labute approximate surface area is 114 Å². The molecule has 0 aliphatic carbocycles. The fourth-order valence-electron chi connectivity index (χ4n) is 2.91. The number of carbonyl (C=O) groups excluding carboxylic acids is 1. The molecule has 5 nitrogen and oxygen atoms in total. The lowest BCUT2D eigenvalue weighted by molar-refractivity contribution is -0.127. The molecule has 1 aliphatic heterocycles. The molecule has 5 heteroatoms. The van der Waals surface area contributed by atoms with E-state index in [0.29, 0.717) is 0 Å². The first-order valence-electron chi connectivity index (χ1n) is 7.26. The van der Waals surface area contributed by atoms with E-state index >= 15 is 0 Å². The summed E-state index contributed by atoms with van der Waals surface area (Å²) in [5.74, 6) is 0.913. The van der Waals surface area contributed by atoms with Crippen LogP contribution in [0.4, 0.5) is 5.82 Å². The van der Waals surface area contributed by atoms with E-state index in [1.54, 1.807) is 6.20 Å². The highest BCUT2D eigenvalue weighted by molar-refractivity contribution is 5.95. The molecule has 0 spiro atoms. The van der Waals surface area contributed by atoms with E-state index in [0.717, 1.165) is 56.6 Å². The summed E-state index contributed by atoms with van der Waals surface area (Å²) in [7, 11) is 0. The number of nitrogens with one attached hydrogen (secondary N) is 3. The lowest BCUT2D eigenvalue weighted by Crippen LogP contribution is -2.45. The van der Waals surface area contributed by atoms with Crippen molar-refractivity contribution >= 4 is 11.7 Å². The maximum atomic E-state index is 12.7. The third-order valence-electron chi connectivity index (χ3n) is 4.11. The highest BCUT2D eigenvalue weighted by atomic mass is 16.2. The van der Waals surface area contributed by atoms with Crippen LogP contribution in [-0.2, 0) is 11.2 Å². The van der Waals surface area contributed by atoms with E-state index in [1.807, 2.05) is 0 Å². The molecular formula is C14H24N4O. The van der Waals surface area contributed by atoms with E-state index in [4.69, 9.17) is 0 Å². The van der Waals surface area contributed by atoms with Crippen LogP contribution in [0.25, 0.3) is 0 Å². The predicted octanol–water partition coefficient (Wildman–Crippen LogP) is 2.08. The van der Waals surface area contributed by atoms with Crippen molar-refractivity contribution in [3.8, 4) is 0 Å². The van der Waals surface area contributed by atoms with E-state index in [9.17, 15) is 4.79 Å². The van der Waals surface area contributed by atoms with Crippen LogP contribution in [-0.4, -0.2) is 29.2 Å². The summed E-state index contributed by atoms with van der Waals surface area (Å²) < 4.78 is 0. The van der Waals surface area contributed by atoms with Crippen LogP contribution in [0, 0.1) is 5.41 Å². The average molecular weight is 264 g/mol. The van der Waals surface area contributed by atoms with Gasteiger partial charge in [0.1, 0.15) is 5.82 Å². The number of aryl methyl sites for hydroxylation is 1. The molecular weight excluding hydrogens is 240 g/mol. The molecule has 19 heavy (non-hydrogen) atoms. The smallest absolute Gasteiger partial charge is 0.231 e. The Kier molecular flexibility index (Phi) is 4.58. The molecule has 1 aliphatic rings. The Balaban J connectivity index is 2.11. The fourth-order valence-corrected chi connectivity index (χ4v) is 2.91. The van der Waals surface area contributed by atoms with Crippen LogP contribution >= 0.6 is 0 Å². The van der Waals surface area contributed by atoms with Gasteiger partial charge in [-0.3, -0.25) is 9.89 Å². The van der Waals surface area contributed by atoms with Gasteiger partial charge in [0.2, 0.25) is 5.91 Å². The van der Waals surface area contributed by atoms with Gasteiger partial charge in [-0.25, -0.2) is 0 Å². The van der Waals surface area contributed by atoms with Crippen molar-refractivity contribution in [3.63, 3.8) is 0 Å². The van der Waals surface area contributed by atoms with E-state index < -0.39 is 0 Å². The van der Waals surface area contributed by atoms with Gasteiger partial charge >= 0.3 is 0 Å². The van der Waals surface area contributed by atoms with Crippen molar-refractivity contribution in [1.29, 1.82) is 0 Å². The van der Waals surface area contributed by atoms with Crippen LogP contribution in [0.5, 0.6) is 0 Å². The van der Waals surface area contributed by atoms with Crippen molar-refractivity contribution in [2.24, 2.45) is 5.41 Å². The standard InChI is InChI=1S/C14H24N4O/c1-3-5-14(6-8-15-9-7-14)13(19)17-12-11(4-2)10-16-18-12/h10,15H,3-9H2,1-2H3,(H2,16,17,18,19). The molecule has 1 aromatic heterocycles. The number of carbonyl (C=O) groups is 1. The van der Waals surface area contributed by atoms with Gasteiger partial charge in [0, 0.05) is 5.56 Å². The van der Waals surface area contributed by atoms with Gasteiger partial charge in [0.15, 0.2) is 0 Å². The number of nitrogens with zero attached hydrogens (tertiary/aromatic N) is 1. The Morgan fingerprint density at radius 3 is 2.79 bits per heavy atom. The first-order chi connectivity index (χ1) is 9.22. The molecule has 0 atom stereocenters. The normalized spacial score (nSPS) is 18.2. The number of anilines is 1. The summed E-state index contributed by atoms with van der Waals surface area (Å²) in [6.45, 7) is 6.06. The minimum Gasteiger partial charge on any atom is -0.317 e. The van der Waals surface area contributed by atoms with E-state index in [1.165, 1.54) is 0 Å². The number of hydrogen-bond acceptors (Lipinski definition) is 3. The van der Waals surface area contributed by atoms with Crippen molar-refractivity contribution in [2.45, 2.75) is 46.0 Å². The fraction of sp³-hybridized carbons (Fsp3) is 0.714. The molecule has 0 unspecified atom stereocenters. The van der Waals surface area contributed by atoms with Gasteiger partial charge in [-0.15, -0.1) is 0 Å². The molecule has 2 heterocycles. The summed E-state index contributed by atoms with van der Waals surface area (Å²) >= 11 is 0. The van der Waals surface area contributed by atoms with Gasteiger partial charge in [0.05, 0.1) is 11.6 Å². The lowest BCUT2D eigenvalue weighted by atomic mass is 9.74. The second kappa shape index (κ2) is 6.19. The number of H-pyrrole nitrogens is 1. The van der Waals surface area contributed by atoms with Gasteiger partial charge in [0.25, 0.3) is 0 Å². The number of aromatic nitrogens is 2. The third kappa shape index (κ3) is 2.97. The van der Waals surface area contributed by atoms with Gasteiger partial charge in [-0.1, -0.05) is 20.3 Å². The topological polar surface area (TPSA) is 69.8 Å². The predicted molar refractivity (Wildman–Crippen MR) is 76.0 cm³/mol. The lowest BCUT2D eigenvalue weighted by Gasteiger charge is -2.36.